The fourth-order valence-electron chi connectivity index (χ4n) is 3.47. The molecule has 2 aliphatic rings. The number of benzene rings is 1. The topological polar surface area (TPSA) is 94.1 Å². The van der Waals surface area contributed by atoms with E-state index >= 15 is 0 Å². The highest BCUT2D eigenvalue weighted by atomic mass is 16.5. The fraction of sp³-hybridized carbons (Fsp3) is 0.579. The molecule has 0 aliphatic carbocycles. The van der Waals surface area contributed by atoms with Crippen molar-refractivity contribution in [3.63, 3.8) is 0 Å². The van der Waals surface area contributed by atoms with Crippen molar-refractivity contribution in [2.45, 2.75) is 39.8 Å². The number of rotatable bonds is 6. The summed E-state index contributed by atoms with van der Waals surface area (Å²) in [7, 11) is -1.02. The third-order valence-corrected chi connectivity index (χ3v) is 5.19. The van der Waals surface area contributed by atoms with E-state index in [4.69, 9.17) is 14.1 Å². The summed E-state index contributed by atoms with van der Waals surface area (Å²) in [5.74, 6) is -0.704. The highest BCUT2D eigenvalue weighted by Crippen LogP contribution is 2.18. The molecule has 1 aromatic carbocycles. The lowest BCUT2D eigenvalue weighted by Gasteiger charge is -2.22. The fourth-order valence-corrected chi connectivity index (χ4v) is 3.47. The van der Waals surface area contributed by atoms with Gasteiger partial charge in [0.05, 0.1) is 19.8 Å². The highest BCUT2D eigenvalue weighted by Gasteiger charge is 2.33. The molecule has 1 unspecified atom stereocenters. The smallest absolute Gasteiger partial charge is 0.464 e. The molecule has 2 heterocycles. The van der Waals surface area contributed by atoms with Crippen LogP contribution in [-0.4, -0.2) is 49.9 Å². The number of amides is 1. The molecular formula is C19H26BNO6. The van der Waals surface area contributed by atoms with Gasteiger partial charge in [0.15, 0.2) is 0 Å². The molecular weight excluding hydrogens is 349 g/mol. The second kappa shape index (κ2) is 8.41. The van der Waals surface area contributed by atoms with Gasteiger partial charge in [0.2, 0.25) is 0 Å². The molecule has 2 atom stereocenters. The number of esters is 1. The van der Waals surface area contributed by atoms with Gasteiger partial charge in [0, 0.05) is 18.1 Å². The maximum Gasteiger partial charge on any atom is 0.492 e. The number of carbonyl (C=O) groups is 2. The largest absolute Gasteiger partial charge is 0.492 e. The lowest BCUT2D eigenvalue weighted by Crippen LogP contribution is -2.46. The summed E-state index contributed by atoms with van der Waals surface area (Å²) in [5.41, 5.74) is 2.58. The normalized spacial score (nSPS) is 19.9. The van der Waals surface area contributed by atoms with Crippen molar-refractivity contribution in [1.82, 2.24) is 5.32 Å². The van der Waals surface area contributed by atoms with Gasteiger partial charge < -0.3 is 24.5 Å². The minimum absolute atomic E-state index is 0.120. The maximum atomic E-state index is 12.8. The molecule has 0 radical (unpaired) electrons. The Bertz CT molecular complexity index is 716. The zero-order valence-electron chi connectivity index (χ0n) is 16.0. The molecule has 7 nitrogen and oxygen atoms in total. The number of ether oxygens (including phenoxy) is 2. The number of fused-ring (bicyclic) bond motifs is 1. The molecule has 3 rings (SSSR count). The summed E-state index contributed by atoms with van der Waals surface area (Å²) in [6.45, 7) is 7.42. The van der Waals surface area contributed by atoms with E-state index in [1.54, 1.807) is 19.1 Å². The Kier molecular flexibility index (Phi) is 6.19. The van der Waals surface area contributed by atoms with Crippen molar-refractivity contribution >= 4 is 24.5 Å². The van der Waals surface area contributed by atoms with Crippen molar-refractivity contribution in [2.75, 3.05) is 19.8 Å². The van der Waals surface area contributed by atoms with Gasteiger partial charge in [-0.1, -0.05) is 19.9 Å². The van der Waals surface area contributed by atoms with Crippen LogP contribution in [-0.2, 0) is 25.5 Å². The second-order valence-corrected chi connectivity index (χ2v) is 7.53. The van der Waals surface area contributed by atoms with Gasteiger partial charge >= 0.3 is 13.1 Å². The lowest BCUT2D eigenvalue weighted by atomic mass is 9.75. The minimum atomic E-state index is -1.02. The molecule has 8 heteroatoms. The first-order valence-corrected chi connectivity index (χ1v) is 9.35. The van der Waals surface area contributed by atoms with Gasteiger partial charge in [-0.15, -0.1) is 0 Å². The molecule has 2 aliphatic heterocycles. The van der Waals surface area contributed by atoms with E-state index in [1.807, 2.05) is 13.8 Å². The van der Waals surface area contributed by atoms with Crippen LogP contribution < -0.4 is 10.8 Å². The Morgan fingerprint density at radius 3 is 2.85 bits per heavy atom. The SMILES string of the molecule is Cc1c(C(=O)NC(C(=O)OC[C@@H]2CCOC2)C(C)C)ccc2c1B(O)OC2. The average molecular weight is 375 g/mol. The van der Waals surface area contributed by atoms with Gasteiger partial charge in [0.1, 0.15) is 6.04 Å². The Balaban J connectivity index is 1.68. The third-order valence-electron chi connectivity index (χ3n) is 5.19. The predicted molar refractivity (Wildman–Crippen MR) is 99.6 cm³/mol. The quantitative estimate of drug-likeness (QED) is 0.557. The van der Waals surface area contributed by atoms with E-state index in [1.165, 1.54) is 0 Å². The summed E-state index contributed by atoms with van der Waals surface area (Å²) in [6.07, 6.45) is 0.880. The van der Waals surface area contributed by atoms with Crippen molar-refractivity contribution in [2.24, 2.45) is 11.8 Å². The highest BCUT2D eigenvalue weighted by molar-refractivity contribution is 6.62. The molecule has 27 heavy (non-hydrogen) atoms. The van der Waals surface area contributed by atoms with Gasteiger partial charge in [-0.3, -0.25) is 4.79 Å². The molecule has 1 amide bonds. The number of nitrogens with one attached hydrogen (secondary N) is 1. The lowest BCUT2D eigenvalue weighted by molar-refractivity contribution is -0.148. The van der Waals surface area contributed by atoms with Crippen LogP contribution in [0.3, 0.4) is 0 Å². The van der Waals surface area contributed by atoms with Gasteiger partial charge in [-0.25, -0.2) is 4.79 Å². The molecule has 0 bridgehead atoms. The van der Waals surface area contributed by atoms with Crippen LogP contribution in [0.25, 0.3) is 0 Å². The predicted octanol–water partition coefficient (Wildman–Crippen LogP) is 0.547. The first-order valence-electron chi connectivity index (χ1n) is 9.35. The van der Waals surface area contributed by atoms with Gasteiger partial charge in [-0.2, -0.15) is 0 Å². The Labute approximate surface area is 159 Å². The number of hydrogen-bond donors (Lipinski definition) is 2. The summed E-state index contributed by atoms with van der Waals surface area (Å²) >= 11 is 0. The minimum Gasteiger partial charge on any atom is -0.464 e. The van der Waals surface area contributed by atoms with E-state index in [-0.39, 0.29) is 17.7 Å². The summed E-state index contributed by atoms with van der Waals surface area (Å²) in [5, 5.41) is 12.7. The Morgan fingerprint density at radius 1 is 1.41 bits per heavy atom. The van der Waals surface area contributed by atoms with Crippen LogP contribution in [0.5, 0.6) is 0 Å². The first-order chi connectivity index (χ1) is 12.9. The van der Waals surface area contributed by atoms with E-state index < -0.39 is 19.1 Å². The second-order valence-electron chi connectivity index (χ2n) is 7.53. The summed E-state index contributed by atoms with van der Waals surface area (Å²) < 4.78 is 15.9. The zero-order chi connectivity index (χ0) is 19.6. The monoisotopic (exact) mass is 375 g/mol. The van der Waals surface area contributed by atoms with Crippen LogP contribution >= 0.6 is 0 Å². The van der Waals surface area contributed by atoms with Crippen molar-refractivity contribution in [3.8, 4) is 0 Å². The van der Waals surface area contributed by atoms with E-state index in [0.717, 1.165) is 12.0 Å². The molecule has 0 saturated carbocycles. The number of carbonyl (C=O) groups excluding carboxylic acids is 2. The average Bonchev–Trinajstić information content (AvgIpc) is 3.27. The molecule has 1 aromatic rings. The van der Waals surface area contributed by atoms with E-state index in [0.29, 0.717) is 43.0 Å². The van der Waals surface area contributed by atoms with Crippen LogP contribution in [0, 0.1) is 18.8 Å². The molecule has 1 saturated heterocycles. The molecule has 2 N–H and O–H groups in total. The van der Waals surface area contributed by atoms with Crippen LogP contribution in [0.4, 0.5) is 0 Å². The summed E-state index contributed by atoms with van der Waals surface area (Å²) in [4.78, 5) is 25.3. The Morgan fingerprint density at radius 2 is 2.19 bits per heavy atom. The standard InChI is InChI=1S/C19H26BNO6/c1-11(2)17(19(23)26-9-13-6-7-25-8-13)21-18(22)15-5-4-14-10-27-20(24)16(14)12(15)3/h4-5,11,13,17,24H,6-10H2,1-3H3,(H,21,22)/t13-,17?/m1/s1. The van der Waals surface area contributed by atoms with Crippen molar-refractivity contribution in [1.29, 1.82) is 0 Å². The van der Waals surface area contributed by atoms with E-state index in [9.17, 15) is 14.6 Å². The zero-order valence-corrected chi connectivity index (χ0v) is 16.0. The summed E-state index contributed by atoms with van der Waals surface area (Å²) in [6, 6.07) is 2.73. The van der Waals surface area contributed by atoms with Crippen LogP contribution in [0.2, 0.25) is 0 Å². The van der Waals surface area contributed by atoms with Crippen molar-refractivity contribution in [3.05, 3.63) is 28.8 Å². The molecule has 0 aromatic heterocycles. The Hall–Kier alpha value is -1.90. The first kappa shape index (κ1) is 19.9. The maximum absolute atomic E-state index is 12.8. The van der Waals surface area contributed by atoms with Gasteiger partial charge in [-0.05, 0) is 41.9 Å². The molecule has 0 spiro atoms. The number of hydrogen-bond acceptors (Lipinski definition) is 6. The van der Waals surface area contributed by atoms with Crippen LogP contribution in [0.1, 0.15) is 41.8 Å². The van der Waals surface area contributed by atoms with Gasteiger partial charge in [0.25, 0.3) is 5.91 Å². The third kappa shape index (κ3) is 4.34. The van der Waals surface area contributed by atoms with Crippen molar-refractivity contribution < 1.29 is 28.7 Å². The molecule has 1 fully saturated rings. The van der Waals surface area contributed by atoms with Crippen LogP contribution in [0.15, 0.2) is 12.1 Å². The molecule has 146 valence electrons. The van der Waals surface area contributed by atoms with E-state index in [2.05, 4.69) is 5.32 Å².